The summed E-state index contributed by atoms with van der Waals surface area (Å²) >= 11 is 1.62. The van der Waals surface area contributed by atoms with Gasteiger partial charge in [-0.05, 0) is 45.3 Å². The standard InChI is InChI=1S/C16H22N4S/c1-12-5-7-14(8-6-12)15(20-9-3-4-10-20)11-17-16-19-18-13(2)21-16/h5-8,15H,3-4,9-11H2,1-2H3,(H,17,19)/t15-/m0/s1. The van der Waals surface area contributed by atoms with Gasteiger partial charge in [-0.2, -0.15) is 0 Å². The number of nitrogens with zero attached hydrogens (tertiary/aromatic N) is 3. The Bertz CT molecular complexity index is 572. The van der Waals surface area contributed by atoms with Crippen LogP contribution in [0.25, 0.3) is 0 Å². The molecule has 0 amide bonds. The number of aryl methyl sites for hydroxylation is 2. The molecule has 1 N–H and O–H groups in total. The van der Waals surface area contributed by atoms with E-state index in [0.717, 1.165) is 16.7 Å². The molecule has 0 spiro atoms. The van der Waals surface area contributed by atoms with Crippen LogP contribution in [0.3, 0.4) is 0 Å². The lowest BCUT2D eigenvalue weighted by Gasteiger charge is -2.28. The summed E-state index contributed by atoms with van der Waals surface area (Å²) in [4.78, 5) is 2.57. The summed E-state index contributed by atoms with van der Waals surface area (Å²) in [5.41, 5.74) is 2.70. The van der Waals surface area contributed by atoms with E-state index in [1.165, 1.54) is 37.1 Å². The van der Waals surface area contributed by atoms with Crippen molar-refractivity contribution >= 4 is 16.5 Å². The zero-order chi connectivity index (χ0) is 14.7. The van der Waals surface area contributed by atoms with Gasteiger partial charge in [-0.15, -0.1) is 10.2 Å². The molecule has 1 aromatic heterocycles. The highest BCUT2D eigenvalue weighted by Gasteiger charge is 2.23. The van der Waals surface area contributed by atoms with E-state index in [0.29, 0.717) is 6.04 Å². The summed E-state index contributed by atoms with van der Waals surface area (Å²) in [6, 6.07) is 9.33. The second kappa shape index (κ2) is 6.54. The third-order valence-corrected chi connectivity index (χ3v) is 4.81. The third-order valence-electron chi connectivity index (χ3n) is 4.02. The van der Waals surface area contributed by atoms with Crippen molar-refractivity contribution in [1.29, 1.82) is 0 Å². The third kappa shape index (κ3) is 3.60. The minimum absolute atomic E-state index is 0.414. The lowest BCUT2D eigenvalue weighted by atomic mass is 10.0. The number of nitrogens with one attached hydrogen (secondary N) is 1. The van der Waals surface area contributed by atoms with Crippen molar-refractivity contribution < 1.29 is 0 Å². The molecule has 21 heavy (non-hydrogen) atoms. The maximum Gasteiger partial charge on any atom is 0.205 e. The minimum Gasteiger partial charge on any atom is -0.358 e. The number of hydrogen-bond acceptors (Lipinski definition) is 5. The summed E-state index contributed by atoms with van der Waals surface area (Å²) in [7, 11) is 0. The monoisotopic (exact) mass is 302 g/mol. The molecule has 0 unspecified atom stereocenters. The first kappa shape index (κ1) is 14.5. The molecule has 3 rings (SSSR count). The van der Waals surface area contributed by atoms with E-state index in [1.807, 2.05) is 6.92 Å². The number of rotatable bonds is 5. The van der Waals surface area contributed by atoms with Gasteiger partial charge < -0.3 is 5.32 Å². The maximum absolute atomic E-state index is 4.16. The molecular formula is C16H22N4S. The Kier molecular flexibility index (Phi) is 4.51. The second-order valence-corrected chi connectivity index (χ2v) is 6.86. The normalized spacial score (nSPS) is 17.0. The van der Waals surface area contributed by atoms with E-state index in [4.69, 9.17) is 0 Å². The van der Waals surface area contributed by atoms with E-state index in [2.05, 4.69) is 51.6 Å². The molecule has 4 nitrogen and oxygen atoms in total. The molecule has 5 heteroatoms. The van der Waals surface area contributed by atoms with Gasteiger partial charge in [-0.3, -0.25) is 4.90 Å². The van der Waals surface area contributed by atoms with Crippen LogP contribution in [-0.4, -0.2) is 34.7 Å². The summed E-state index contributed by atoms with van der Waals surface area (Å²) in [6.07, 6.45) is 2.61. The van der Waals surface area contributed by atoms with Crippen LogP contribution in [0.15, 0.2) is 24.3 Å². The van der Waals surface area contributed by atoms with Crippen LogP contribution in [-0.2, 0) is 0 Å². The molecule has 0 bridgehead atoms. The number of hydrogen-bond donors (Lipinski definition) is 1. The van der Waals surface area contributed by atoms with Gasteiger partial charge in [0, 0.05) is 6.54 Å². The molecule has 112 valence electrons. The van der Waals surface area contributed by atoms with E-state index < -0.39 is 0 Å². The van der Waals surface area contributed by atoms with Gasteiger partial charge in [0.15, 0.2) is 0 Å². The topological polar surface area (TPSA) is 41.1 Å². The summed E-state index contributed by atoms with van der Waals surface area (Å²) in [6.45, 7) is 7.39. The Balaban J connectivity index is 1.73. The molecule has 1 saturated heterocycles. The van der Waals surface area contributed by atoms with Crippen molar-refractivity contribution in [3.8, 4) is 0 Å². The lowest BCUT2D eigenvalue weighted by Crippen LogP contribution is -2.31. The fourth-order valence-electron chi connectivity index (χ4n) is 2.85. The molecule has 0 aliphatic carbocycles. The highest BCUT2D eigenvalue weighted by Crippen LogP contribution is 2.26. The first-order chi connectivity index (χ1) is 10.2. The molecule has 1 atom stereocenters. The minimum atomic E-state index is 0.414. The Morgan fingerprint density at radius 1 is 1.14 bits per heavy atom. The zero-order valence-corrected chi connectivity index (χ0v) is 13.5. The largest absolute Gasteiger partial charge is 0.358 e. The predicted octanol–water partition coefficient (Wildman–Crippen LogP) is 3.40. The smallest absolute Gasteiger partial charge is 0.205 e. The summed E-state index contributed by atoms with van der Waals surface area (Å²) in [5, 5.41) is 13.6. The highest BCUT2D eigenvalue weighted by molar-refractivity contribution is 7.15. The van der Waals surface area contributed by atoms with Crippen LogP contribution >= 0.6 is 11.3 Å². The molecular weight excluding hydrogens is 280 g/mol. The second-order valence-electron chi connectivity index (χ2n) is 5.68. The van der Waals surface area contributed by atoms with Gasteiger partial charge in [0.25, 0.3) is 0 Å². The van der Waals surface area contributed by atoms with Gasteiger partial charge in [-0.25, -0.2) is 0 Å². The fraction of sp³-hybridized carbons (Fsp3) is 0.500. The van der Waals surface area contributed by atoms with Gasteiger partial charge in [-0.1, -0.05) is 41.2 Å². The molecule has 1 aromatic carbocycles. The lowest BCUT2D eigenvalue weighted by molar-refractivity contribution is 0.256. The summed E-state index contributed by atoms with van der Waals surface area (Å²) in [5.74, 6) is 0. The molecule has 1 aliphatic rings. The molecule has 2 aromatic rings. The van der Waals surface area contributed by atoms with Crippen molar-refractivity contribution in [2.75, 3.05) is 25.0 Å². The zero-order valence-electron chi connectivity index (χ0n) is 12.7. The number of aromatic nitrogens is 2. The Hall–Kier alpha value is -1.46. The van der Waals surface area contributed by atoms with Crippen LogP contribution in [0.4, 0.5) is 5.13 Å². The van der Waals surface area contributed by atoms with Gasteiger partial charge >= 0.3 is 0 Å². The maximum atomic E-state index is 4.16. The first-order valence-electron chi connectivity index (χ1n) is 7.57. The van der Waals surface area contributed by atoms with Crippen LogP contribution in [0.5, 0.6) is 0 Å². The van der Waals surface area contributed by atoms with Crippen molar-refractivity contribution in [2.24, 2.45) is 0 Å². The first-order valence-corrected chi connectivity index (χ1v) is 8.38. The molecule has 1 aliphatic heterocycles. The Morgan fingerprint density at radius 3 is 2.48 bits per heavy atom. The van der Waals surface area contributed by atoms with Crippen LogP contribution in [0.1, 0.15) is 35.0 Å². The van der Waals surface area contributed by atoms with Crippen molar-refractivity contribution in [3.63, 3.8) is 0 Å². The van der Waals surface area contributed by atoms with Crippen LogP contribution in [0.2, 0.25) is 0 Å². The summed E-state index contributed by atoms with van der Waals surface area (Å²) < 4.78 is 0. The van der Waals surface area contributed by atoms with Crippen LogP contribution in [0, 0.1) is 13.8 Å². The number of anilines is 1. The number of likely N-dealkylation sites (tertiary alicyclic amines) is 1. The van der Waals surface area contributed by atoms with Gasteiger partial charge in [0.2, 0.25) is 5.13 Å². The van der Waals surface area contributed by atoms with Crippen molar-refractivity contribution in [3.05, 3.63) is 40.4 Å². The van der Waals surface area contributed by atoms with Crippen LogP contribution < -0.4 is 5.32 Å². The van der Waals surface area contributed by atoms with Gasteiger partial charge in [0.1, 0.15) is 5.01 Å². The highest BCUT2D eigenvalue weighted by atomic mass is 32.1. The van der Waals surface area contributed by atoms with Gasteiger partial charge in [0.05, 0.1) is 6.04 Å². The SMILES string of the molecule is Cc1ccc([C@H](CNc2nnc(C)s2)N2CCCC2)cc1. The van der Waals surface area contributed by atoms with E-state index in [-0.39, 0.29) is 0 Å². The fourth-order valence-corrected chi connectivity index (χ4v) is 3.45. The quantitative estimate of drug-likeness (QED) is 0.919. The van der Waals surface area contributed by atoms with E-state index in [1.54, 1.807) is 11.3 Å². The average molecular weight is 302 g/mol. The van der Waals surface area contributed by atoms with E-state index >= 15 is 0 Å². The number of benzene rings is 1. The Morgan fingerprint density at radius 2 is 1.86 bits per heavy atom. The average Bonchev–Trinajstić information content (AvgIpc) is 3.13. The van der Waals surface area contributed by atoms with Crippen molar-refractivity contribution in [2.45, 2.75) is 32.7 Å². The Labute approximate surface area is 130 Å². The van der Waals surface area contributed by atoms with E-state index in [9.17, 15) is 0 Å². The van der Waals surface area contributed by atoms with Crippen molar-refractivity contribution in [1.82, 2.24) is 15.1 Å². The molecule has 0 radical (unpaired) electrons. The molecule has 1 fully saturated rings. The molecule has 0 saturated carbocycles. The molecule has 2 heterocycles. The predicted molar refractivity (Wildman–Crippen MR) is 87.9 cm³/mol.